The topological polar surface area (TPSA) is 20.2 Å². The van der Waals surface area contributed by atoms with Gasteiger partial charge in [0, 0.05) is 0 Å². The van der Waals surface area contributed by atoms with Crippen molar-refractivity contribution in [1.29, 1.82) is 0 Å². The minimum Gasteiger partial charge on any atom is -0.508 e. The van der Waals surface area contributed by atoms with E-state index in [2.05, 4.69) is 12.1 Å². The van der Waals surface area contributed by atoms with E-state index in [1.807, 2.05) is 6.07 Å². The van der Waals surface area contributed by atoms with E-state index in [9.17, 15) is 5.11 Å². The van der Waals surface area contributed by atoms with E-state index in [0.717, 1.165) is 11.8 Å². The zero-order valence-electron chi connectivity index (χ0n) is 10.3. The van der Waals surface area contributed by atoms with Crippen LogP contribution in [-0.2, 0) is 11.8 Å². The monoisotopic (exact) mass is 228 g/mol. The van der Waals surface area contributed by atoms with Gasteiger partial charge in [-0.1, -0.05) is 18.9 Å². The van der Waals surface area contributed by atoms with E-state index in [1.54, 1.807) is 0 Å². The van der Waals surface area contributed by atoms with Crippen molar-refractivity contribution in [2.75, 3.05) is 0 Å². The fraction of sp³-hybridized carbons (Fsp3) is 0.625. The van der Waals surface area contributed by atoms with Crippen LogP contribution in [0.1, 0.15) is 49.7 Å². The molecule has 2 bridgehead atoms. The minimum absolute atomic E-state index is 0.454. The molecule has 0 radical (unpaired) electrons. The fourth-order valence-electron chi connectivity index (χ4n) is 5.06. The normalized spacial score (nSPS) is 38.6. The lowest BCUT2D eigenvalue weighted by molar-refractivity contribution is 0.216. The number of benzene rings is 1. The second-order valence-electron chi connectivity index (χ2n) is 6.45. The zero-order chi connectivity index (χ0) is 11.5. The Bertz CT molecular complexity index is 465. The van der Waals surface area contributed by atoms with E-state index >= 15 is 0 Å². The Kier molecular flexibility index (Phi) is 1.93. The molecule has 3 atom stereocenters. The highest BCUT2D eigenvalue weighted by molar-refractivity contribution is 5.44. The van der Waals surface area contributed by atoms with Crippen molar-refractivity contribution in [2.45, 2.75) is 50.4 Å². The van der Waals surface area contributed by atoms with Crippen molar-refractivity contribution in [1.82, 2.24) is 0 Å². The third kappa shape index (κ3) is 1.26. The number of hydrogen-bond acceptors (Lipinski definition) is 1. The molecule has 0 heterocycles. The molecule has 2 unspecified atom stereocenters. The molecule has 0 saturated heterocycles. The van der Waals surface area contributed by atoms with Gasteiger partial charge >= 0.3 is 0 Å². The lowest BCUT2D eigenvalue weighted by atomic mass is 9.62. The fourth-order valence-corrected chi connectivity index (χ4v) is 5.06. The van der Waals surface area contributed by atoms with Gasteiger partial charge in [-0.25, -0.2) is 0 Å². The number of aromatic hydroxyl groups is 1. The second-order valence-corrected chi connectivity index (χ2v) is 6.45. The lowest BCUT2D eigenvalue weighted by Gasteiger charge is -2.43. The zero-order valence-corrected chi connectivity index (χ0v) is 10.3. The molecule has 0 amide bonds. The maximum Gasteiger partial charge on any atom is 0.115 e. The molecule has 0 aliphatic heterocycles. The molecule has 2 saturated carbocycles. The van der Waals surface area contributed by atoms with Crippen LogP contribution in [0.3, 0.4) is 0 Å². The average Bonchev–Trinajstić information content (AvgIpc) is 2.64. The molecular formula is C16H20O. The summed E-state index contributed by atoms with van der Waals surface area (Å²) in [6, 6.07) is 6.13. The number of fused-ring (bicyclic) bond motifs is 2. The summed E-state index contributed by atoms with van der Waals surface area (Å²) in [5, 5.41) is 9.80. The van der Waals surface area contributed by atoms with Gasteiger partial charge in [0.25, 0.3) is 0 Å². The highest BCUT2D eigenvalue weighted by Crippen LogP contribution is 2.60. The van der Waals surface area contributed by atoms with Gasteiger partial charge in [0.15, 0.2) is 0 Å². The van der Waals surface area contributed by atoms with Crippen molar-refractivity contribution in [3.63, 3.8) is 0 Å². The van der Waals surface area contributed by atoms with Crippen LogP contribution in [0.15, 0.2) is 18.2 Å². The van der Waals surface area contributed by atoms with Crippen LogP contribution in [0, 0.1) is 11.8 Å². The largest absolute Gasteiger partial charge is 0.508 e. The summed E-state index contributed by atoms with van der Waals surface area (Å²) in [6.07, 6.45) is 9.69. The first kappa shape index (κ1) is 9.99. The summed E-state index contributed by atoms with van der Waals surface area (Å²) >= 11 is 0. The number of phenols is 1. The number of hydrogen-bond donors (Lipinski definition) is 1. The summed E-state index contributed by atoms with van der Waals surface area (Å²) in [5.41, 5.74) is 3.49. The van der Waals surface area contributed by atoms with Gasteiger partial charge in [0.05, 0.1) is 0 Å². The molecule has 17 heavy (non-hydrogen) atoms. The Balaban J connectivity index is 1.91. The number of rotatable bonds is 0. The Morgan fingerprint density at radius 1 is 1.24 bits per heavy atom. The van der Waals surface area contributed by atoms with E-state index < -0.39 is 0 Å². The predicted molar refractivity (Wildman–Crippen MR) is 68.2 cm³/mol. The van der Waals surface area contributed by atoms with Gasteiger partial charge < -0.3 is 5.11 Å². The number of phenolic OH excluding ortho intramolecular Hbond substituents is 1. The van der Waals surface area contributed by atoms with Gasteiger partial charge in [-0.05, 0) is 72.6 Å². The molecule has 3 aliphatic carbocycles. The Morgan fingerprint density at radius 2 is 2.18 bits per heavy atom. The molecule has 1 aromatic rings. The molecule has 1 spiro atoms. The van der Waals surface area contributed by atoms with E-state index in [1.165, 1.54) is 56.1 Å². The van der Waals surface area contributed by atoms with Crippen molar-refractivity contribution < 1.29 is 5.11 Å². The van der Waals surface area contributed by atoms with E-state index in [0.29, 0.717) is 11.2 Å². The summed E-state index contributed by atoms with van der Waals surface area (Å²) in [7, 11) is 0. The summed E-state index contributed by atoms with van der Waals surface area (Å²) in [6.45, 7) is 0. The maximum absolute atomic E-state index is 9.80. The second kappa shape index (κ2) is 3.28. The third-order valence-electron chi connectivity index (χ3n) is 5.62. The standard InChI is InChI=1S/C16H20O/c17-14-5-4-12-7-11-8-13-3-1-2-6-16(13,10-11)15(12)9-14/h4-5,9,11,13,17H,1-3,6-8,10H2/t11?,13?,16-/m0/s1. The van der Waals surface area contributed by atoms with Crippen LogP contribution >= 0.6 is 0 Å². The first-order valence-corrected chi connectivity index (χ1v) is 7.10. The van der Waals surface area contributed by atoms with Crippen LogP contribution in [0.4, 0.5) is 0 Å². The van der Waals surface area contributed by atoms with Crippen LogP contribution in [0.2, 0.25) is 0 Å². The molecule has 1 nitrogen and oxygen atoms in total. The molecule has 1 aromatic carbocycles. The van der Waals surface area contributed by atoms with Crippen LogP contribution in [-0.4, -0.2) is 5.11 Å². The first-order valence-electron chi connectivity index (χ1n) is 7.10. The lowest BCUT2D eigenvalue weighted by Crippen LogP contribution is -2.36. The van der Waals surface area contributed by atoms with Gasteiger partial charge in [-0.2, -0.15) is 0 Å². The van der Waals surface area contributed by atoms with E-state index in [-0.39, 0.29) is 0 Å². The maximum atomic E-state index is 9.80. The minimum atomic E-state index is 0.454. The smallest absolute Gasteiger partial charge is 0.115 e. The van der Waals surface area contributed by atoms with Gasteiger partial charge in [-0.3, -0.25) is 0 Å². The predicted octanol–water partition coefficient (Wildman–Crippen LogP) is 3.79. The van der Waals surface area contributed by atoms with Gasteiger partial charge in [0.1, 0.15) is 5.75 Å². The summed E-state index contributed by atoms with van der Waals surface area (Å²) in [5.74, 6) is 2.30. The third-order valence-corrected chi connectivity index (χ3v) is 5.62. The molecule has 4 rings (SSSR count). The van der Waals surface area contributed by atoms with Gasteiger partial charge in [0.2, 0.25) is 0 Å². The van der Waals surface area contributed by atoms with Crippen molar-refractivity contribution >= 4 is 0 Å². The van der Waals surface area contributed by atoms with Crippen LogP contribution < -0.4 is 0 Å². The summed E-state index contributed by atoms with van der Waals surface area (Å²) < 4.78 is 0. The highest BCUT2D eigenvalue weighted by atomic mass is 16.3. The molecule has 1 heteroatoms. The van der Waals surface area contributed by atoms with Crippen molar-refractivity contribution in [3.8, 4) is 5.75 Å². The molecule has 90 valence electrons. The van der Waals surface area contributed by atoms with Gasteiger partial charge in [-0.15, -0.1) is 0 Å². The SMILES string of the molecule is Oc1ccc2c(c1)[C@]13CCCCC1CC(C2)C3. The Labute approximate surface area is 103 Å². The average molecular weight is 228 g/mol. The first-order chi connectivity index (χ1) is 8.28. The molecule has 2 fully saturated rings. The van der Waals surface area contributed by atoms with Crippen molar-refractivity contribution in [2.24, 2.45) is 11.8 Å². The van der Waals surface area contributed by atoms with Crippen LogP contribution in [0.5, 0.6) is 5.75 Å². The quantitative estimate of drug-likeness (QED) is 0.716. The Morgan fingerprint density at radius 3 is 3.12 bits per heavy atom. The van der Waals surface area contributed by atoms with Crippen molar-refractivity contribution in [3.05, 3.63) is 29.3 Å². The molecular weight excluding hydrogens is 208 g/mol. The Hall–Kier alpha value is -0.980. The van der Waals surface area contributed by atoms with Crippen LogP contribution in [0.25, 0.3) is 0 Å². The molecule has 0 aromatic heterocycles. The highest BCUT2D eigenvalue weighted by Gasteiger charge is 2.52. The molecule has 3 aliphatic rings. The van der Waals surface area contributed by atoms with E-state index in [4.69, 9.17) is 0 Å². The summed E-state index contributed by atoms with van der Waals surface area (Å²) in [4.78, 5) is 0. The molecule has 1 N–H and O–H groups in total.